The number of anilines is 1. The highest BCUT2D eigenvalue weighted by Gasteiger charge is 2.36. The van der Waals surface area contributed by atoms with Crippen molar-refractivity contribution in [3.63, 3.8) is 0 Å². The maximum Gasteiger partial charge on any atom is 0.513 e. The van der Waals surface area contributed by atoms with Crippen LogP contribution in [0.3, 0.4) is 0 Å². The lowest BCUT2D eigenvalue weighted by molar-refractivity contribution is -0.124. The summed E-state index contributed by atoms with van der Waals surface area (Å²) in [5.74, 6) is -1.26. The number of nitrogens with zero attached hydrogens (tertiary/aromatic N) is 1. The number of ether oxygens (including phenoxy) is 3. The summed E-state index contributed by atoms with van der Waals surface area (Å²) in [4.78, 5) is 28.2. The number of thiophene rings is 1. The van der Waals surface area contributed by atoms with Crippen molar-refractivity contribution in [3.8, 4) is 16.2 Å². The Labute approximate surface area is 201 Å². The number of benzene rings is 1. The van der Waals surface area contributed by atoms with E-state index in [0.717, 1.165) is 37.8 Å². The molecule has 0 atom stereocenters. The van der Waals surface area contributed by atoms with Crippen molar-refractivity contribution in [1.29, 1.82) is 0 Å². The van der Waals surface area contributed by atoms with Gasteiger partial charge in [0.25, 0.3) is 0 Å². The van der Waals surface area contributed by atoms with E-state index in [1.54, 1.807) is 11.0 Å². The van der Waals surface area contributed by atoms with E-state index in [9.17, 15) is 18.4 Å². The Balaban J connectivity index is 1.76. The van der Waals surface area contributed by atoms with Crippen LogP contribution < -0.4 is 9.64 Å². The number of carbonyl (C=O) groups excluding carboxylic acids is 2. The molecule has 2 aliphatic rings. The second-order valence-corrected chi connectivity index (χ2v) is 10.0. The third kappa shape index (κ3) is 5.41. The third-order valence-corrected chi connectivity index (χ3v) is 7.79. The van der Waals surface area contributed by atoms with Crippen molar-refractivity contribution >= 4 is 28.4 Å². The molecule has 34 heavy (non-hydrogen) atoms. The largest absolute Gasteiger partial charge is 0.513 e. The molecular formula is C25H29F2NO5S. The summed E-state index contributed by atoms with van der Waals surface area (Å²) in [5, 5.41) is 0.473. The number of amides is 1. The molecule has 1 aliphatic carbocycles. The van der Waals surface area contributed by atoms with E-state index in [2.05, 4.69) is 11.7 Å². The SMILES string of the molecule is COC(=O)Oc1cc(-c2ccc(F)c(F)c2)sc1N(C(=O)C1CCC(C)CC1)C1CCOCC1. The molecule has 9 heteroatoms. The molecule has 1 aliphatic heterocycles. The third-order valence-electron chi connectivity index (χ3n) is 6.62. The summed E-state index contributed by atoms with van der Waals surface area (Å²) in [5.41, 5.74) is 0.427. The van der Waals surface area contributed by atoms with Gasteiger partial charge < -0.3 is 14.2 Å². The zero-order valence-electron chi connectivity index (χ0n) is 19.4. The molecule has 1 saturated carbocycles. The van der Waals surface area contributed by atoms with Crippen LogP contribution in [-0.4, -0.2) is 38.4 Å². The Morgan fingerprint density at radius 1 is 1.03 bits per heavy atom. The van der Waals surface area contributed by atoms with Crippen LogP contribution in [0.15, 0.2) is 24.3 Å². The number of halogens is 2. The summed E-state index contributed by atoms with van der Waals surface area (Å²) in [6.07, 6.45) is 4.02. The highest BCUT2D eigenvalue weighted by molar-refractivity contribution is 7.20. The van der Waals surface area contributed by atoms with Crippen molar-refractivity contribution in [1.82, 2.24) is 0 Å². The van der Waals surface area contributed by atoms with Gasteiger partial charge in [-0.25, -0.2) is 13.6 Å². The van der Waals surface area contributed by atoms with Gasteiger partial charge in [0.15, 0.2) is 17.4 Å². The first-order chi connectivity index (χ1) is 16.4. The highest BCUT2D eigenvalue weighted by atomic mass is 32.1. The average Bonchev–Trinajstić information content (AvgIpc) is 3.25. The van der Waals surface area contributed by atoms with E-state index < -0.39 is 17.8 Å². The van der Waals surface area contributed by atoms with Crippen molar-refractivity contribution in [2.45, 2.75) is 51.5 Å². The molecule has 184 valence electrons. The molecule has 1 aromatic carbocycles. The number of rotatable bonds is 5. The smallest absolute Gasteiger partial charge is 0.437 e. The molecule has 0 N–H and O–H groups in total. The van der Waals surface area contributed by atoms with E-state index in [4.69, 9.17) is 9.47 Å². The van der Waals surface area contributed by atoms with Gasteiger partial charge in [-0.3, -0.25) is 9.69 Å². The number of hydrogen-bond donors (Lipinski definition) is 0. The molecule has 6 nitrogen and oxygen atoms in total. The van der Waals surface area contributed by atoms with Gasteiger partial charge in [0.1, 0.15) is 5.00 Å². The lowest BCUT2D eigenvalue weighted by atomic mass is 9.82. The molecular weight excluding hydrogens is 464 g/mol. The van der Waals surface area contributed by atoms with Crippen molar-refractivity contribution in [2.75, 3.05) is 25.2 Å². The van der Waals surface area contributed by atoms with E-state index in [1.165, 1.54) is 24.5 Å². The fourth-order valence-corrected chi connectivity index (χ4v) is 5.78. The first-order valence-electron chi connectivity index (χ1n) is 11.6. The molecule has 1 saturated heterocycles. The second-order valence-electron chi connectivity index (χ2n) is 8.97. The fourth-order valence-electron chi connectivity index (χ4n) is 4.62. The van der Waals surface area contributed by atoms with Crippen LogP contribution in [0.4, 0.5) is 18.6 Å². The minimum absolute atomic E-state index is 0.00667. The van der Waals surface area contributed by atoms with Crippen LogP contribution in [-0.2, 0) is 14.3 Å². The van der Waals surface area contributed by atoms with Crippen LogP contribution in [0.25, 0.3) is 10.4 Å². The molecule has 0 spiro atoms. The maximum absolute atomic E-state index is 13.9. The summed E-state index contributed by atoms with van der Waals surface area (Å²) in [6.45, 7) is 3.27. The number of carbonyl (C=O) groups is 2. The summed E-state index contributed by atoms with van der Waals surface area (Å²) in [6, 6.07) is 5.06. The lowest BCUT2D eigenvalue weighted by Gasteiger charge is -2.37. The number of methoxy groups -OCH3 is 1. The van der Waals surface area contributed by atoms with Crippen LogP contribution in [0.5, 0.6) is 5.75 Å². The van der Waals surface area contributed by atoms with Gasteiger partial charge in [-0.1, -0.05) is 13.0 Å². The molecule has 2 fully saturated rings. The average molecular weight is 494 g/mol. The van der Waals surface area contributed by atoms with Gasteiger partial charge in [-0.2, -0.15) is 0 Å². The molecule has 4 rings (SSSR count). The van der Waals surface area contributed by atoms with Gasteiger partial charge in [0, 0.05) is 36.1 Å². The highest BCUT2D eigenvalue weighted by Crippen LogP contribution is 2.46. The van der Waals surface area contributed by atoms with E-state index in [1.807, 2.05) is 0 Å². The lowest BCUT2D eigenvalue weighted by Crippen LogP contribution is -2.46. The fraction of sp³-hybridized carbons (Fsp3) is 0.520. The predicted molar refractivity (Wildman–Crippen MR) is 125 cm³/mol. The second kappa shape index (κ2) is 10.8. The van der Waals surface area contributed by atoms with E-state index >= 15 is 0 Å². The number of hydrogen-bond acceptors (Lipinski definition) is 6. The van der Waals surface area contributed by atoms with Crippen molar-refractivity contribution in [3.05, 3.63) is 35.9 Å². The van der Waals surface area contributed by atoms with Crippen molar-refractivity contribution in [2.24, 2.45) is 11.8 Å². The zero-order chi connectivity index (χ0) is 24.2. The molecule has 2 aromatic rings. The quantitative estimate of drug-likeness (QED) is 0.466. The van der Waals surface area contributed by atoms with E-state index in [0.29, 0.717) is 47.4 Å². The minimum atomic E-state index is -0.975. The van der Waals surface area contributed by atoms with Crippen molar-refractivity contribution < 1.29 is 32.6 Å². The van der Waals surface area contributed by atoms with Crippen LogP contribution >= 0.6 is 11.3 Å². The van der Waals surface area contributed by atoms with Gasteiger partial charge >= 0.3 is 6.16 Å². The van der Waals surface area contributed by atoms with Crippen LogP contribution in [0, 0.1) is 23.5 Å². The first kappa shape index (κ1) is 24.6. The molecule has 0 radical (unpaired) electrons. The Morgan fingerprint density at radius 2 is 1.74 bits per heavy atom. The molecule has 2 heterocycles. The summed E-state index contributed by atoms with van der Waals surface area (Å²) >= 11 is 1.22. The standard InChI is InChI=1S/C25H29F2NO5S/c1-15-3-5-16(6-4-15)23(29)28(18-9-11-32-12-10-18)24-21(33-25(30)31-2)14-22(34-24)17-7-8-19(26)20(27)13-17/h7-8,13-16,18H,3-6,9-12H2,1-2H3. The molecule has 1 amide bonds. The van der Waals surface area contributed by atoms with Crippen LogP contribution in [0.2, 0.25) is 0 Å². The summed E-state index contributed by atoms with van der Waals surface area (Å²) < 4.78 is 43.1. The summed E-state index contributed by atoms with van der Waals surface area (Å²) in [7, 11) is 1.20. The van der Waals surface area contributed by atoms with Gasteiger partial charge in [-0.15, -0.1) is 11.3 Å². The zero-order valence-corrected chi connectivity index (χ0v) is 20.2. The molecule has 0 bridgehead atoms. The predicted octanol–water partition coefficient (Wildman–Crippen LogP) is 6.18. The Morgan fingerprint density at radius 3 is 2.38 bits per heavy atom. The topological polar surface area (TPSA) is 65.1 Å². The van der Waals surface area contributed by atoms with Gasteiger partial charge in [-0.05, 0) is 62.1 Å². The normalized spacial score (nSPS) is 21.2. The Hall–Kier alpha value is -2.52. The van der Waals surface area contributed by atoms with Crippen LogP contribution in [0.1, 0.15) is 45.4 Å². The van der Waals surface area contributed by atoms with Gasteiger partial charge in [0.05, 0.1) is 7.11 Å². The molecule has 1 aromatic heterocycles. The Kier molecular flexibility index (Phi) is 7.83. The van der Waals surface area contributed by atoms with Gasteiger partial charge in [0.2, 0.25) is 5.91 Å². The van der Waals surface area contributed by atoms with E-state index in [-0.39, 0.29) is 23.6 Å². The first-order valence-corrected chi connectivity index (χ1v) is 12.4. The maximum atomic E-state index is 13.9. The molecule has 0 unspecified atom stereocenters. The Bertz CT molecular complexity index is 1030. The monoisotopic (exact) mass is 493 g/mol. The minimum Gasteiger partial charge on any atom is -0.437 e.